The van der Waals surface area contributed by atoms with Crippen LogP contribution < -0.4 is 0 Å². The van der Waals surface area contributed by atoms with E-state index >= 15 is 0 Å². The van der Waals surface area contributed by atoms with Crippen molar-refractivity contribution in [2.45, 2.75) is 51.6 Å². The zero-order valence-electron chi connectivity index (χ0n) is 13.1. The molecule has 0 bridgehead atoms. The Hall–Kier alpha value is -1.68. The van der Waals surface area contributed by atoms with Crippen LogP contribution in [0.3, 0.4) is 0 Å². The molecule has 0 radical (unpaired) electrons. The fraction of sp³-hybridized carbons (Fsp3) is 0.714. The molecule has 0 aromatic heterocycles. The largest absolute Gasteiger partial charge is 0.464 e. The summed E-state index contributed by atoms with van der Waals surface area (Å²) in [6.07, 6.45) is -7.97. The van der Waals surface area contributed by atoms with Crippen LogP contribution in [0.4, 0.5) is 0 Å². The normalized spacial score (nSPS) is 17.5. The minimum absolute atomic E-state index is 0.0242. The predicted molar refractivity (Wildman–Crippen MR) is 75.1 cm³/mol. The number of aliphatic hydroxyl groups excluding tert-OH is 4. The highest BCUT2D eigenvalue weighted by Crippen LogP contribution is 2.14. The Bertz CT molecular complexity index is 435. The van der Waals surface area contributed by atoms with E-state index in [0.29, 0.717) is 0 Å². The summed E-state index contributed by atoms with van der Waals surface area (Å²) in [5, 5.41) is 37.7. The molecule has 0 saturated heterocycles. The van der Waals surface area contributed by atoms with E-state index < -0.39 is 60.1 Å². The Balaban J connectivity index is 5.18. The van der Waals surface area contributed by atoms with Gasteiger partial charge in [0.15, 0.2) is 23.5 Å². The summed E-state index contributed by atoms with van der Waals surface area (Å²) in [4.78, 5) is 46.9. The molecule has 4 atom stereocenters. The maximum atomic E-state index is 12.1. The van der Waals surface area contributed by atoms with Gasteiger partial charge in [-0.15, -0.1) is 0 Å². The molecule has 0 saturated carbocycles. The molecule has 0 aromatic carbocycles. The number of carbonyl (C=O) groups is 4. The van der Waals surface area contributed by atoms with Crippen LogP contribution in [0.25, 0.3) is 0 Å². The minimum atomic E-state index is -2.08. The molecule has 0 spiro atoms. The number of ether oxygens (including phenoxy) is 1. The quantitative estimate of drug-likeness (QED) is 0.255. The van der Waals surface area contributed by atoms with Gasteiger partial charge < -0.3 is 25.2 Å². The Morgan fingerprint density at radius 3 is 1.61 bits per heavy atom. The molecule has 9 nitrogen and oxygen atoms in total. The van der Waals surface area contributed by atoms with E-state index in [-0.39, 0.29) is 6.61 Å². The van der Waals surface area contributed by atoms with Crippen molar-refractivity contribution in [1.82, 2.24) is 0 Å². The van der Waals surface area contributed by atoms with Crippen molar-refractivity contribution >= 4 is 23.3 Å². The molecule has 0 aliphatic carbocycles. The molecule has 4 N–H and O–H groups in total. The van der Waals surface area contributed by atoms with E-state index in [4.69, 9.17) is 0 Å². The van der Waals surface area contributed by atoms with Gasteiger partial charge in [0.1, 0.15) is 24.2 Å². The van der Waals surface area contributed by atoms with Crippen LogP contribution in [0.15, 0.2) is 0 Å². The van der Waals surface area contributed by atoms with Gasteiger partial charge in [0, 0.05) is 6.42 Å². The van der Waals surface area contributed by atoms with Gasteiger partial charge in [0.05, 0.1) is 6.61 Å². The summed E-state index contributed by atoms with van der Waals surface area (Å²) in [5.74, 6) is -6.85. The molecule has 0 aliphatic rings. The number of aliphatic hydroxyl groups is 4. The topological polar surface area (TPSA) is 158 Å². The molecule has 0 amide bonds. The summed E-state index contributed by atoms with van der Waals surface area (Å²) in [7, 11) is 0. The van der Waals surface area contributed by atoms with Crippen molar-refractivity contribution in [2.24, 2.45) is 5.92 Å². The lowest BCUT2D eigenvalue weighted by Crippen LogP contribution is -2.46. The van der Waals surface area contributed by atoms with Crippen LogP contribution in [0.1, 0.15) is 27.2 Å². The summed E-state index contributed by atoms with van der Waals surface area (Å²) in [5.41, 5.74) is 0. The molecule has 0 fully saturated rings. The molecule has 0 rings (SSSR count). The summed E-state index contributed by atoms with van der Waals surface area (Å²) < 4.78 is 4.49. The standard InChI is InChI=1S/C14H22O9/c1-4-23-14(22)9(18)5-8(17)13(21)10(11(19)6(2)15)12(20)7(3)16/h6-10,15-18H,4-5H2,1-3H3. The smallest absolute Gasteiger partial charge is 0.335 e. The Morgan fingerprint density at radius 1 is 0.826 bits per heavy atom. The third-order valence-corrected chi connectivity index (χ3v) is 3.01. The maximum absolute atomic E-state index is 12.1. The van der Waals surface area contributed by atoms with Gasteiger partial charge in [0.25, 0.3) is 0 Å². The second-order valence-corrected chi connectivity index (χ2v) is 5.01. The number of hydrogen-bond acceptors (Lipinski definition) is 9. The Kier molecular flexibility index (Phi) is 8.77. The lowest BCUT2D eigenvalue weighted by molar-refractivity contribution is -0.156. The second-order valence-electron chi connectivity index (χ2n) is 5.01. The number of esters is 1. The first-order valence-corrected chi connectivity index (χ1v) is 7.04. The van der Waals surface area contributed by atoms with Crippen molar-refractivity contribution in [2.75, 3.05) is 6.61 Å². The number of carbonyl (C=O) groups excluding carboxylic acids is 4. The number of ketones is 3. The highest BCUT2D eigenvalue weighted by atomic mass is 16.5. The molecule has 23 heavy (non-hydrogen) atoms. The van der Waals surface area contributed by atoms with E-state index in [2.05, 4.69) is 4.74 Å². The van der Waals surface area contributed by atoms with E-state index in [1.165, 1.54) is 6.92 Å². The molecule has 9 heteroatoms. The van der Waals surface area contributed by atoms with Crippen molar-refractivity contribution in [1.29, 1.82) is 0 Å². The van der Waals surface area contributed by atoms with Crippen molar-refractivity contribution in [3.8, 4) is 0 Å². The molecule has 0 heterocycles. The minimum Gasteiger partial charge on any atom is -0.464 e. The van der Waals surface area contributed by atoms with Crippen molar-refractivity contribution in [3.63, 3.8) is 0 Å². The average molecular weight is 334 g/mol. The third kappa shape index (κ3) is 6.14. The van der Waals surface area contributed by atoms with Crippen molar-refractivity contribution < 1.29 is 44.3 Å². The third-order valence-electron chi connectivity index (χ3n) is 3.01. The number of hydrogen-bond donors (Lipinski definition) is 4. The Morgan fingerprint density at radius 2 is 1.26 bits per heavy atom. The number of rotatable bonds is 10. The van der Waals surface area contributed by atoms with Crippen LogP contribution in [-0.4, -0.2) is 74.8 Å². The van der Waals surface area contributed by atoms with Crippen LogP contribution >= 0.6 is 0 Å². The second kappa shape index (κ2) is 9.46. The van der Waals surface area contributed by atoms with Crippen molar-refractivity contribution in [3.05, 3.63) is 0 Å². The first-order chi connectivity index (χ1) is 10.5. The number of Topliss-reactive ketones (excluding diaryl/α,β-unsaturated/α-hetero) is 3. The highest BCUT2D eigenvalue weighted by molar-refractivity contribution is 6.22. The SMILES string of the molecule is CCOC(=O)C(O)CC(O)C(=O)C(C(=O)C(C)O)C(=O)C(C)O. The summed E-state index contributed by atoms with van der Waals surface area (Å²) in [6, 6.07) is 0. The first kappa shape index (κ1) is 21.3. The monoisotopic (exact) mass is 334 g/mol. The molecule has 4 unspecified atom stereocenters. The van der Waals surface area contributed by atoms with E-state index in [0.717, 1.165) is 13.8 Å². The van der Waals surface area contributed by atoms with Crippen LogP contribution in [0, 0.1) is 5.92 Å². The maximum Gasteiger partial charge on any atom is 0.335 e. The summed E-state index contributed by atoms with van der Waals surface area (Å²) in [6.45, 7) is 3.52. The lowest BCUT2D eigenvalue weighted by Gasteiger charge is -2.20. The highest BCUT2D eigenvalue weighted by Gasteiger charge is 2.41. The van der Waals surface area contributed by atoms with Gasteiger partial charge in [-0.05, 0) is 20.8 Å². The molecule has 0 aliphatic heterocycles. The van der Waals surface area contributed by atoms with E-state index in [1.54, 1.807) is 0 Å². The summed E-state index contributed by atoms with van der Waals surface area (Å²) >= 11 is 0. The van der Waals surface area contributed by atoms with Gasteiger partial charge in [-0.1, -0.05) is 0 Å². The molecule has 0 aromatic rings. The van der Waals surface area contributed by atoms with E-state index in [1.807, 2.05) is 0 Å². The van der Waals surface area contributed by atoms with Crippen LogP contribution in [-0.2, 0) is 23.9 Å². The molecular weight excluding hydrogens is 312 g/mol. The zero-order valence-corrected chi connectivity index (χ0v) is 13.1. The fourth-order valence-corrected chi connectivity index (χ4v) is 1.76. The van der Waals surface area contributed by atoms with Gasteiger partial charge in [-0.3, -0.25) is 14.4 Å². The van der Waals surface area contributed by atoms with Gasteiger partial charge >= 0.3 is 5.97 Å². The van der Waals surface area contributed by atoms with Gasteiger partial charge in [0.2, 0.25) is 0 Å². The predicted octanol–water partition coefficient (Wildman–Crippen LogP) is -2.25. The van der Waals surface area contributed by atoms with Crippen LogP contribution in [0.2, 0.25) is 0 Å². The van der Waals surface area contributed by atoms with Crippen LogP contribution in [0.5, 0.6) is 0 Å². The van der Waals surface area contributed by atoms with E-state index in [9.17, 15) is 39.6 Å². The lowest BCUT2D eigenvalue weighted by atomic mass is 9.85. The zero-order chi connectivity index (χ0) is 18.3. The van der Waals surface area contributed by atoms with Gasteiger partial charge in [-0.25, -0.2) is 4.79 Å². The molecular formula is C14H22O9. The molecule has 132 valence electrons. The Labute approximate surface area is 132 Å². The fourth-order valence-electron chi connectivity index (χ4n) is 1.76. The first-order valence-electron chi connectivity index (χ1n) is 7.04. The average Bonchev–Trinajstić information content (AvgIpc) is 2.46. The van der Waals surface area contributed by atoms with Gasteiger partial charge in [-0.2, -0.15) is 0 Å².